The Morgan fingerprint density at radius 2 is 0.531 bits per heavy atom. The number of unbranched alkanes of at least 4 members (excludes halogenated alkanes) is 30. The van der Waals surface area contributed by atoms with Crippen LogP contribution in [0, 0.1) is 11.8 Å². The molecule has 0 aromatic rings. The van der Waals surface area contributed by atoms with Gasteiger partial charge >= 0.3 is 0 Å². The van der Waals surface area contributed by atoms with E-state index >= 15 is 0 Å². The third kappa shape index (κ3) is 36.5. The third-order valence-corrected chi connectivity index (χ3v) is 10.8. The summed E-state index contributed by atoms with van der Waals surface area (Å²) in [5.41, 5.74) is 0. The van der Waals surface area contributed by atoms with Gasteiger partial charge in [0.1, 0.15) is 0 Å². The molecule has 0 aromatic carbocycles. The first kappa shape index (κ1) is 47.9. The average Bonchev–Trinajstić information content (AvgIpc) is 3.10. The Hall–Kier alpha value is -1.06. The standard InChI is InChI=1S/C45H90N2O2/c1-5-7-9-11-13-15-17-19-21-23-25-27-29-31-33-35-38-42(3)44(48)46-40-37-41-47-45(49)43(4)39-36-34-32-30-28-26-24-22-20-18-16-14-12-10-8-6-2/h42-43H,5-41H2,1-4H3,(H,46,48)(H,47,49). The van der Waals surface area contributed by atoms with Crippen LogP contribution in [-0.4, -0.2) is 24.9 Å². The molecule has 0 rings (SSSR count). The minimum absolute atomic E-state index is 0.0842. The highest BCUT2D eigenvalue weighted by Gasteiger charge is 2.13. The molecule has 0 heterocycles. The van der Waals surface area contributed by atoms with E-state index < -0.39 is 0 Å². The lowest BCUT2D eigenvalue weighted by Gasteiger charge is -2.14. The fraction of sp³-hybridized carbons (Fsp3) is 0.956. The summed E-state index contributed by atoms with van der Waals surface area (Å²) in [6.07, 6.45) is 46.9. The van der Waals surface area contributed by atoms with Crippen LogP contribution in [0.15, 0.2) is 0 Å². The predicted octanol–water partition coefficient (Wildman–Crippen LogP) is 14.2. The molecule has 292 valence electrons. The Morgan fingerprint density at radius 1 is 0.327 bits per heavy atom. The topological polar surface area (TPSA) is 58.2 Å². The zero-order chi connectivity index (χ0) is 35.9. The summed E-state index contributed by atoms with van der Waals surface area (Å²) in [5, 5.41) is 6.17. The zero-order valence-corrected chi connectivity index (χ0v) is 34.1. The van der Waals surface area contributed by atoms with Gasteiger partial charge in [0.15, 0.2) is 0 Å². The van der Waals surface area contributed by atoms with Gasteiger partial charge in [0.25, 0.3) is 0 Å². The largest absolute Gasteiger partial charge is 0.356 e. The summed E-state index contributed by atoms with van der Waals surface area (Å²) in [6, 6.07) is 0. The minimum Gasteiger partial charge on any atom is -0.356 e. The third-order valence-electron chi connectivity index (χ3n) is 10.8. The van der Waals surface area contributed by atoms with Gasteiger partial charge in [-0.05, 0) is 19.3 Å². The van der Waals surface area contributed by atoms with E-state index in [1.165, 1.54) is 193 Å². The lowest BCUT2D eigenvalue weighted by Crippen LogP contribution is -2.34. The Kier molecular flexibility index (Phi) is 38.9. The van der Waals surface area contributed by atoms with Gasteiger partial charge in [-0.15, -0.1) is 0 Å². The van der Waals surface area contributed by atoms with Crippen LogP contribution < -0.4 is 10.6 Å². The second-order valence-electron chi connectivity index (χ2n) is 15.9. The number of amides is 2. The smallest absolute Gasteiger partial charge is 0.222 e. The molecular formula is C45H90N2O2. The first-order chi connectivity index (χ1) is 24.0. The normalized spacial score (nSPS) is 12.7. The predicted molar refractivity (Wildman–Crippen MR) is 217 cm³/mol. The Morgan fingerprint density at radius 3 is 0.755 bits per heavy atom. The van der Waals surface area contributed by atoms with Crippen LogP contribution in [0.25, 0.3) is 0 Å². The molecule has 0 aliphatic carbocycles. The van der Waals surface area contributed by atoms with E-state index in [9.17, 15) is 9.59 Å². The first-order valence-electron chi connectivity index (χ1n) is 22.6. The highest BCUT2D eigenvalue weighted by atomic mass is 16.2. The van der Waals surface area contributed by atoms with Crippen LogP contribution >= 0.6 is 0 Å². The van der Waals surface area contributed by atoms with Crippen molar-refractivity contribution < 1.29 is 9.59 Å². The molecule has 4 nitrogen and oxygen atoms in total. The van der Waals surface area contributed by atoms with Gasteiger partial charge < -0.3 is 10.6 Å². The summed E-state index contributed by atoms with van der Waals surface area (Å²) >= 11 is 0. The van der Waals surface area contributed by atoms with Gasteiger partial charge in [0.05, 0.1) is 0 Å². The van der Waals surface area contributed by atoms with Gasteiger partial charge in [-0.1, -0.05) is 233 Å². The number of carbonyl (C=O) groups is 2. The van der Waals surface area contributed by atoms with Gasteiger partial charge in [-0.2, -0.15) is 0 Å². The van der Waals surface area contributed by atoms with E-state index in [2.05, 4.69) is 38.3 Å². The van der Waals surface area contributed by atoms with Crippen molar-refractivity contribution in [2.24, 2.45) is 11.8 Å². The first-order valence-corrected chi connectivity index (χ1v) is 22.6. The van der Waals surface area contributed by atoms with Crippen molar-refractivity contribution in [2.75, 3.05) is 13.1 Å². The van der Waals surface area contributed by atoms with Crippen LogP contribution in [-0.2, 0) is 9.59 Å². The van der Waals surface area contributed by atoms with E-state index in [-0.39, 0.29) is 23.7 Å². The summed E-state index contributed by atoms with van der Waals surface area (Å²) in [5.74, 6) is 0.509. The van der Waals surface area contributed by atoms with Crippen molar-refractivity contribution in [3.63, 3.8) is 0 Å². The van der Waals surface area contributed by atoms with Gasteiger partial charge in [0, 0.05) is 24.9 Å². The van der Waals surface area contributed by atoms with Crippen LogP contribution in [0.1, 0.15) is 252 Å². The summed E-state index contributed by atoms with van der Waals surface area (Å²) < 4.78 is 0. The molecule has 4 heteroatoms. The Bertz CT molecular complexity index is 625. The van der Waals surface area contributed by atoms with Gasteiger partial charge in [-0.3, -0.25) is 9.59 Å². The van der Waals surface area contributed by atoms with Crippen molar-refractivity contribution in [3.8, 4) is 0 Å². The van der Waals surface area contributed by atoms with Crippen molar-refractivity contribution >= 4 is 11.8 Å². The molecule has 0 aromatic heterocycles. The molecule has 0 saturated carbocycles. The van der Waals surface area contributed by atoms with Gasteiger partial charge in [0.2, 0.25) is 11.8 Å². The molecule has 49 heavy (non-hydrogen) atoms. The van der Waals surface area contributed by atoms with Crippen LogP contribution in [0.5, 0.6) is 0 Å². The zero-order valence-electron chi connectivity index (χ0n) is 34.1. The van der Waals surface area contributed by atoms with Crippen molar-refractivity contribution in [1.29, 1.82) is 0 Å². The molecule has 0 spiro atoms. The molecule has 2 atom stereocenters. The number of carbonyl (C=O) groups excluding carboxylic acids is 2. The van der Waals surface area contributed by atoms with Crippen molar-refractivity contribution in [1.82, 2.24) is 10.6 Å². The number of rotatable bonds is 40. The highest BCUT2D eigenvalue weighted by molar-refractivity contribution is 5.78. The fourth-order valence-corrected chi connectivity index (χ4v) is 7.12. The molecule has 0 fully saturated rings. The van der Waals surface area contributed by atoms with E-state index in [1.807, 2.05) is 0 Å². The molecule has 0 saturated heterocycles. The SMILES string of the molecule is CCCCCCCCCCCCCCCCCCC(C)C(=O)NCCCNC(=O)C(C)CCCCCCCCCCCCCCCCCC. The monoisotopic (exact) mass is 691 g/mol. The van der Waals surface area contributed by atoms with Crippen LogP contribution in [0.2, 0.25) is 0 Å². The molecule has 0 aliphatic rings. The Labute approximate surface area is 308 Å². The maximum Gasteiger partial charge on any atom is 0.222 e. The van der Waals surface area contributed by atoms with Crippen molar-refractivity contribution in [3.05, 3.63) is 0 Å². The number of nitrogens with one attached hydrogen (secondary N) is 2. The summed E-state index contributed by atoms with van der Waals surface area (Å²) in [7, 11) is 0. The lowest BCUT2D eigenvalue weighted by molar-refractivity contribution is -0.125. The van der Waals surface area contributed by atoms with Crippen LogP contribution in [0.3, 0.4) is 0 Å². The quantitative estimate of drug-likeness (QED) is 0.0629. The maximum absolute atomic E-state index is 12.5. The van der Waals surface area contributed by atoms with E-state index in [4.69, 9.17) is 0 Å². The maximum atomic E-state index is 12.5. The summed E-state index contributed by atoms with van der Waals surface area (Å²) in [6.45, 7) is 9.99. The number of hydrogen-bond acceptors (Lipinski definition) is 2. The van der Waals surface area contributed by atoms with E-state index in [0.717, 1.165) is 32.1 Å². The molecule has 0 radical (unpaired) electrons. The van der Waals surface area contributed by atoms with E-state index in [1.54, 1.807) is 0 Å². The summed E-state index contributed by atoms with van der Waals surface area (Å²) in [4.78, 5) is 24.9. The molecule has 0 aliphatic heterocycles. The Balaban J connectivity index is 3.45. The minimum atomic E-state index is 0.0842. The molecule has 0 bridgehead atoms. The number of hydrogen-bond donors (Lipinski definition) is 2. The highest BCUT2D eigenvalue weighted by Crippen LogP contribution is 2.17. The van der Waals surface area contributed by atoms with E-state index in [0.29, 0.717) is 13.1 Å². The average molecular weight is 691 g/mol. The molecular weight excluding hydrogens is 601 g/mol. The molecule has 2 unspecified atom stereocenters. The second kappa shape index (κ2) is 39.7. The van der Waals surface area contributed by atoms with Crippen LogP contribution in [0.4, 0.5) is 0 Å². The lowest BCUT2D eigenvalue weighted by atomic mass is 10.00. The van der Waals surface area contributed by atoms with Gasteiger partial charge in [-0.25, -0.2) is 0 Å². The second-order valence-corrected chi connectivity index (χ2v) is 15.9. The fourth-order valence-electron chi connectivity index (χ4n) is 7.12. The van der Waals surface area contributed by atoms with Crippen molar-refractivity contribution in [2.45, 2.75) is 252 Å². The molecule has 2 amide bonds. The molecule has 2 N–H and O–H groups in total.